The van der Waals surface area contributed by atoms with Crippen LogP contribution in [-0.2, 0) is 4.74 Å². The van der Waals surface area contributed by atoms with Crippen molar-refractivity contribution in [2.75, 3.05) is 6.61 Å². The van der Waals surface area contributed by atoms with Crippen molar-refractivity contribution in [1.29, 1.82) is 0 Å². The Morgan fingerprint density at radius 2 is 1.82 bits per heavy atom. The summed E-state index contributed by atoms with van der Waals surface area (Å²) in [6.45, 7) is 14.9. The van der Waals surface area contributed by atoms with Gasteiger partial charge in [0.05, 0.1) is 11.7 Å². The van der Waals surface area contributed by atoms with Gasteiger partial charge in [0.15, 0.2) is 0 Å². The molecule has 5 aliphatic rings. The Labute approximate surface area is 249 Å². The third-order valence-electron chi connectivity index (χ3n) is 12.0. The van der Waals surface area contributed by atoms with Crippen LogP contribution < -0.4 is 0 Å². The molecule has 3 nitrogen and oxygen atoms in total. The molecule has 0 aliphatic heterocycles. The van der Waals surface area contributed by atoms with Crippen molar-refractivity contribution < 1.29 is 9.53 Å². The highest BCUT2D eigenvalue weighted by molar-refractivity contribution is 8.14. The molecule has 0 spiro atoms. The minimum Gasteiger partial charge on any atom is -0.448 e. The molecule has 0 heterocycles. The van der Waals surface area contributed by atoms with Gasteiger partial charge in [0.1, 0.15) is 0 Å². The molecule has 40 heavy (non-hydrogen) atoms. The van der Waals surface area contributed by atoms with Gasteiger partial charge in [-0.3, -0.25) is 0 Å². The molecule has 0 unspecified atom stereocenters. The first-order chi connectivity index (χ1) is 19.2. The van der Waals surface area contributed by atoms with Crippen LogP contribution in [0.25, 0.3) is 0 Å². The number of nitrogens with zero attached hydrogens (tertiary/aromatic N) is 1. The summed E-state index contributed by atoms with van der Waals surface area (Å²) >= 11 is 1.83. The number of thioether (sulfide) groups is 1. The van der Waals surface area contributed by atoms with Crippen molar-refractivity contribution in [3.8, 4) is 0 Å². The maximum Gasteiger partial charge on any atom is 0.434 e. The minimum atomic E-state index is -0.451. The van der Waals surface area contributed by atoms with Crippen LogP contribution in [0.1, 0.15) is 112 Å². The molecule has 5 aliphatic carbocycles. The van der Waals surface area contributed by atoms with Crippen LogP contribution >= 0.6 is 11.8 Å². The Hall–Kier alpha value is -1.29. The monoisotopic (exact) mass is 565 g/mol. The molecular formula is C36H55NO2S. The van der Waals surface area contributed by atoms with Crippen molar-refractivity contribution in [2.45, 2.75) is 117 Å². The molecule has 0 aromatic heterocycles. The number of ether oxygens (including phenoxy) is 1. The maximum atomic E-state index is 12.3. The molecule has 0 N–H and O–H groups in total. The van der Waals surface area contributed by atoms with E-state index in [0.717, 1.165) is 47.0 Å². The zero-order valence-corrected chi connectivity index (χ0v) is 27.0. The van der Waals surface area contributed by atoms with Gasteiger partial charge in [-0.2, -0.15) is 4.99 Å². The first-order valence-corrected chi connectivity index (χ1v) is 17.5. The molecule has 3 fully saturated rings. The van der Waals surface area contributed by atoms with E-state index in [2.05, 4.69) is 70.0 Å². The van der Waals surface area contributed by atoms with Crippen molar-refractivity contribution >= 4 is 22.9 Å². The predicted octanol–water partition coefficient (Wildman–Crippen LogP) is 10.4. The summed E-state index contributed by atoms with van der Waals surface area (Å²) in [5.74, 6) is 5.37. The summed E-state index contributed by atoms with van der Waals surface area (Å²) in [5.41, 5.74) is 2.62. The summed E-state index contributed by atoms with van der Waals surface area (Å²) in [7, 11) is 0. The Kier molecular flexibility index (Phi) is 9.45. The van der Waals surface area contributed by atoms with Crippen molar-refractivity contribution in [3.63, 3.8) is 0 Å². The number of amides is 1. The topological polar surface area (TPSA) is 38.7 Å². The van der Waals surface area contributed by atoms with Gasteiger partial charge in [0, 0.05) is 11.2 Å². The second kappa shape index (κ2) is 12.5. The molecule has 3 saturated carbocycles. The maximum absolute atomic E-state index is 12.3. The lowest BCUT2D eigenvalue weighted by Crippen LogP contribution is -2.50. The Bertz CT molecular complexity index is 1030. The second-order valence-corrected chi connectivity index (χ2v) is 16.0. The summed E-state index contributed by atoms with van der Waals surface area (Å²) < 4.78 is 5.18. The number of carbonyl (C=O) groups excluding carboxylic acids is 1. The van der Waals surface area contributed by atoms with Gasteiger partial charge < -0.3 is 4.74 Å². The first-order valence-electron chi connectivity index (χ1n) is 16.6. The molecule has 0 aromatic rings. The fourth-order valence-electron chi connectivity index (χ4n) is 9.95. The van der Waals surface area contributed by atoms with E-state index >= 15 is 0 Å². The van der Waals surface area contributed by atoms with Crippen LogP contribution in [0.15, 0.2) is 40.9 Å². The van der Waals surface area contributed by atoms with E-state index in [9.17, 15) is 4.79 Å². The molecule has 8 atom stereocenters. The molecule has 0 bridgehead atoms. The number of rotatable bonds is 8. The highest BCUT2D eigenvalue weighted by atomic mass is 32.2. The highest BCUT2D eigenvalue weighted by Gasteiger charge is 2.59. The molecule has 0 saturated heterocycles. The van der Waals surface area contributed by atoms with Gasteiger partial charge in [0.2, 0.25) is 0 Å². The lowest BCUT2D eigenvalue weighted by atomic mass is 9.47. The molecule has 0 radical (unpaired) electrons. The third kappa shape index (κ3) is 5.95. The normalized spacial score (nSPS) is 38.1. The molecule has 0 aromatic carbocycles. The smallest absolute Gasteiger partial charge is 0.434 e. The Balaban J connectivity index is 1.27. The summed E-state index contributed by atoms with van der Waals surface area (Å²) in [4.78, 5) is 16.7. The SMILES string of the molecule is CCOC(=O)/N=C(/S[C@@H]1CC[C@@]2(C)C(=CC[C@H]3[C@@H]4CC[C@H]([C@H](C)CCCC(C)C)[C@@]4(C)CC[C@@H]32)C1)C1C=CC=C1. The van der Waals surface area contributed by atoms with E-state index in [0.29, 0.717) is 22.7 Å². The fraction of sp³-hybridized carbons (Fsp3) is 0.778. The van der Waals surface area contributed by atoms with Crippen molar-refractivity contribution in [3.05, 3.63) is 36.0 Å². The Morgan fingerprint density at radius 1 is 1.05 bits per heavy atom. The third-order valence-corrected chi connectivity index (χ3v) is 13.4. The zero-order chi connectivity index (χ0) is 28.5. The summed E-state index contributed by atoms with van der Waals surface area (Å²) in [6.07, 6.45) is 25.6. The van der Waals surface area contributed by atoms with Crippen LogP contribution in [0.5, 0.6) is 0 Å². The van der Waals surface area contributed by atoms with E-state index in [1.54, 1.807) is 5.57 Å². The van der Waals surface area contributed by atoms with Gasteiger partial charge in [-0.25, -0.2) is 4.79 Å². The highest BCUT2D eigenvalue weighted by Crippen LogP contribution is 2.67. The van der Waals surface area contributed by atoms with Gasteiger partial charge in [-0.05, 0) is 105 Å². The molecule has 222 valence electrons. The van der Waals surface area contributed by atoms with Crippen LogP contribution in [0, 0.1) is 52.3 Å². The number of allylic oxidation sites excluding steroid dienone is 6. The van der Waals surface area contributed by atoms with Crippen LogP contribution in [0.2, 0.25) is 0 Å². The van der Waals surface area contributed by atoms with Gasteiger partial charge in [-0.1, -0.05) is 89.8 Å². The van der Waals surface area contributed by atoms with Crippen LogP contribution in [0.4, 0.5) is 4.79 Å². The summed E-state index contributed by atoms with van der Waals surface area (Å²) in [5, 5.41) is 1.39. The predicted molar refractivity (Wildman–Crippen MR) is 171 cm³/mol. The fourth-order valence-corrected chi connectivity index (χ4v) is 11.2. The van der Waals surface area contributed by atoms with Gasteiger partial charge in [-0.15, -0.1) is 11.8 Å². The number of hydrogen-bond acceptors (Lipinski definition) is 3. The summed E-state index contributed by atoms with van der Waals surface area (Å²) in [6, 6.07) is 0. The van der Waals surface area contributed by atoms with E-state index in [1.807, 2.05) is 18.7 Å². The van der Waals surface area contributed by atoms with Crippen molar-refractivity contribution in [1.82, 2.24) is 0 Å². The number of hydrogen-bond donors (Lipinski definition) is 0. The number of fused-ring (bicyclic) bond motifs is 5. The zero-order valence-electron chi connectivity index (χ0n) is 26.2. The van der Waals surface area contributed by atoms with E-state index in [1.165, 1.54) is 64.2 Å². The minimum absolute atomic E-state index is 0.103. The lowest BCUT2D eigenvalue weighted by molar-refractivity contribution is -0.0497. The van der Waals surface area contributed by atoms with Crippen LogP contribution in [-0.4, -0.2) is 23.0 Å². The van der Waals surface area contributed by atoms with E-state index in [-0.39, 0.29) is 5.92 Å². The van der Waals surface area contributed by atoms with E-state index in [4.69, 9.17) is 4.74 Å². The average Bonchev–Trinajstić information content (AvgIpc) is 3.56. The number of aliphatic imine (C=N–C) groups is 1. The standard InChI is InChI=1S/C36H55NO2S/c1-7-39-34(38)37-33(26-13-8-9-14-26)40-28-19-21-35(5)27(23-28)15-16-29-31-18-17-30(25(4)12-10-11-24(2)3)36(31,6)22-20-32(29)35/h8-9,13-15,24-26,28-32H,7,10-12,16-23H2,1-6H3/b37-33+/t25-,28-,29+,30-,31+,32+,35+,36-/m1/s1. The Morgan fingerprint density at radius 3 is 2.55 bits per heavy atom. The largest absolute Gasteiger partial charge is 0.448 e. The molecular weight excluding hydrogens is 510 g/mol. The van der Waals surface area contributed by atoms with Crippen molar-refractivity contribution in [2.24, 2.45) is 57.2 Å². The van der Waals surface area contributed by atoms with Gasteiger partial charge >= 0.3 is 6.09 Å². The molecule has 1 amide bonds. The van der Waals surface area contributed by atoms with Gasteiger partial charge in [0.25, 0.3) is 0 Å². The second-order valence-electron chi connectivity index (χ2n) is 14.7. The molecule has 4 heteroatoms. The van der Waals surface area contributed by atoms with Crippen LogP contribution in [0.3, 0.4) is 0 Å². The quantitative estimate of drug-likeness (QED) is 0.167. The lowest BCUT2D eigenvalue weighted by Gasteiger charge is -2.58. The molecule has 5 rings (SSSR count). The van der Waals surface area contributed by atoms with E-state index < -0.39 is 6.09 Å². The average molecular weight is 566 g/mol. The number of carbonyl (C=O) groups is 1. The first kappa shape index (κ1) is 30.2.